The number of hydrogen-bond donors (Lipinski definition) is 2. The Morgan fingerprint density at radius 2 is 2.11 bits per heavy atom. The van der Waals surface area contributed by atoms with Gasteiger partial charge in [-0.05, 0) is 17.5 Å². The van der Waals surface area contributed by atoms with Crippen molar-refractivity contribution < 1.29 is 14.6 Å². The molecule has 0 radical (unpaired) electrons. The molecule has 2 rings (SSSR count). The third-order valence-electron chi connectivity index (χ3n) is 4.01. The van der Waals surface area contributed by atoms with Crippen LogP contribution in [0.15, 0.2) is 18.2 Å². The van der Waals surface area contributed by atoms with Gasteiger partial charge >= 0.3 is 0 Å². The molecule has 0 saturated carbocycles. The molecule has 1 fully saturated rings. The van der Waals surface area contributed by atoms with Gasteiger partial charge in [0.25, 0.3) is 0 Å². The Kier molecular flexibility index (Phi) is 4.13. The predicted molar refractivity (Wildman–Crippen MR) is 74.3 cm³/mol. The van der Waals surface area contributed by atoms with Crippen molar-refractivity contribution in [2.45, 2.75) is 25.8 Å². The lowest BCUT2D eigenvalue weighted by Crippen LogP contribution is -2.52. The third-order valence-corrected chi connectivity index (χ3v) is 4.01. The molecule has 4 nitrogen and oxygen atoms in total. The molecule has 0 aromatic heterocycles. The summed E-state index contributed by atoms with van der Waals surface area (Å²) in [7, 11) is 1.64. The van der Waals surface area contributed by atoms with E-state index in [1.165, 1.54) is 5.56 Å². The normalized spacial score (nSPS) is 19.1. The smallest absolute Gasteiger partial charge is 0.123 e. The Hall–Kier alpha value is -1.10. The molecule has 0 bridgehead atoms. The molecular weight excluding hydrogens is 242 g/mol. The summed E-state index contributed by atoms with van der Waals surface area (Å²) < 4.78 is 10.6. The van der Waals surface area contributed by atoms with Gasteiger partial charge in [0.1, 0.15) is 5.75 Å². The van der Waals surface area contributed by atoms with Crippen molar-refractivity contribution in [1.82, 2.24) is 0 Å². The van der Waals surface area contributed by atoms with E-state index < -0.39 is 0 Å². The summed E-state index contributed by atoms with van der Waals surface area (Å²) in [4.78, 5) is 0. The minimum Gasteiger partial charge on any atom is -0.496 e. The summed E-state index contributed by atoms with van der Waals surface area (Å²) >= 11 is 0. The van der Waals surface area contributed by atoms with Crippen molar-refractivity contribution in [3.8, 4) is 5.75 Å². The Balaban J connectivity index is 2.38. The highest BCUT2D eigenvalue weighted by molar-refractivity contribution is 5.41. The lowest BCUT2D eigenvalue weighted by atomic mass is 9.75. The Labute approximate surface area is 114 Å². The minimum atomic E-state index is -0.372. The van der Waals surface area contributed by atoms with E-state index >= 15 is 0 Å². The molecular formula is C15H23NO3. The fourth-order valence-electron chi connectivity index (χ4n) is 2.42. The van der Waals surface area contributed by atoms with Gasteiger partial charge in [-0.3, -0.25) is 0 Å². The molecule has 1 aliphatic rings. The van der Waals surface area contributed by atoms with Gasteiger partial charge in [0.15, 0.2) is 0 Å². The molecule has 0 spiro atoms. The van der Waals surface area contributed by atoms with Gasteiger partial charge in [0.05, 0.1) is 32.3 Å². The summed E-state index contributed by atoms with van der Waals surface area (Å²) in [5.41, 5.74) is 8.17. The Morgan fingerprint density at radius 3 is 2.53 bits per heavy atom. The second-order valence-corrected chi connectivity index (χ2v) is 5.65. The number of methoxy groups -OCH3 is 1. The minimum absolute atomic E-state index is 0.0310. The predicted octanol–water partition coefficient (Wildman–Crippen LogP) is 1.83. The van der Waals surface area contributed by atoms with Crippen LogP contribution in [0.2, 0.25) is 0 Å². The van der Waals surface area contributed by atoms with E-state index in [0.29, 0.717) is 19.1 Å². The highest BCUT2D eigenvalue weighted by atomic mass is 16.5. The van der Waals surface area contributed by atoms with Crippen LogP contribution in [0.5, 0.6) is 5.75 Å². The first-order valence-electron chi connectivity index (χ1n) is 6.66. The molecule has 19 heavy (non-hydrogen) atoms. The van der Waals surface area contributed by atoms with Gasteiger partial charge in [-0.25, -0.2) is 0 Å². The molecule has 0 aliphatic carbocycles. The molecule has 106 valence electrons. The molecule has 1 aromatic rings. The van der Waals surface area contributed by atoms with Crippen LogP contribution in [0.4, 0.5) is 0 Å². The van der Waals surface area contributed by atoms with Crippen molar-refractivity contribution in [3.05, 3.63) is 29.3 Å². The highest BCUT2D eigenvalue weighted by Crippen LogP contribution is 2.42. The van der Waals surface area contributed by atoms with Crippen LogP contribution in [0.3, 0.4) is 0 Å². The third kappa shape index (κ3) is 2.48. The zero-order chi connectivity index (χ0) is 14.0. The quantitative estimate of drug-likeness (QED) is 0.852. The van der Waals surface area contributed by atoms with E-state index in [-0.39, 0.29) is 18.1 Å². The standard InChI is InChI=1S/C15H23NO3/c1-10(2)11-4-5-13(18-3)12(6-11)14(16)15(7-17)8-19-9-15/h4-6,10,14,17H,7-9,16H2,1-3H3. The first kappa shape index (κ1) is 14.3. The zero-order valence-corrected chi connectivity index (χ0v) is 11.8. The molecule has 1 unspecified atom stereocenters. The largest absolute Gasteiger partial charge is 0.496 e. The van der Waals surface area contributed by atoms with E-state index in [1.807, 2.05) is 6.07 Å². The molecule has 1 aliphatic heterocycles. The molecule has 4 heteroatoms. The zero-order valence-electron chi connectivity index (χ0n) is 11.8. The summed E-state index contributed by atoms with van der Waals surface area (Å²) in [6.45, 7) is 5.32. The van der Waals surface area contributed by atoms with E-state index in [2.05, 4.69) is 26.0 Å². The lowest BCUT2D eigenvalue weighted by molar-refractivity contribution is -0.150. The summed E-state index contributed by atoms with van der Waals surface area (Å²) in [6.07, 6.45) is 0. The molecule has 0 amide bonds. The highest BCUT2D eigenvalue weighted by Gasteiger charge is 2.45. The Morgan fingerprint density at radius 1 is 1.42 bits per heavy atom. The van der Waals surface area contributed by atoms with E-state index in [0.717, 1.165) is 11.3 Å². The van der Waals surface area contributed by atoms with Crippen molar-refractivity contribution in [1.29, 1.82) is 0 Å². The number of benzene rings is 1. The second-order valence-electron chi connectivity index (χ2n) is 5.65. The van der Waals surface area contributed by atoms with E-state index in [4.69, 9.17) is 15.2 Å². The average Bonchev–Trinajstić information content (AvgIpc) is 2.37. The number of ether oxygens (including phenoxy) is 2. The molecule has 3 N–H and O–H groups in total. The number of aliphatic hydroxyl groups excluding tert-OH is 1. The molecule has 1 heterocycles. The van der Waals surface area contributed by atoms with Gasteiger partial charge in [-0.1, -0.05) is 26.0 Å². The van der Waals surface area contributed by atoms with Crippen molar-refractivity contribution in [2.24, 2.45) is 11.1 Å². The fraction of sp³-hybridized carbons (Fsp3) is 0.600. The van der Waals surface area contributed by atoms with Gasteiger partial charge in [-0.15, -0.1) is 0 Å². The maximum atomic E-state index is 9.61. The van der Waals surface area contributed by atoms with E-state index in [1.54, 1.807) is 7.11 Å². The van der Waals surface area contributed by atoms with Crippen LogP contribution in [-0.4, -0.2) is 32.0 Å². The van der Waals surface area contributed by atoms with Gasteiger partial charge < -0.3 is 20.3 Å². The van der Waals surface area contributed by atoms with Crippen LogP contribution >= 0.6 is 0 Å². The molecule has 1 saturated heterocycles. The van der Waals surface area contributed by atoms with E-state index in [9.17, 15) is 5.11 Å². The average molecular weight is 265 g/mol. The van der Waals surface area contributed by atoms with Crippen LogP contribution in [0.25, 0.3) is 0 Å². The van der Waals surface area contributed by atoms with Gasteiger partial charge in [0.2, 0.25) is 0 Å². The number of rotatable bonds is 5. The summed E-state index contributed by atoms with van der Waals surface area (Å²) in [5.74, 6) is 1.20. The fourth-order valence-corrected chi connectivity index (χ4v) is 2.42. The van der Waals surface area contributed by atoms with Crippen LogP contribution in [-0.2, 0) is 4.74 Å². The second kappa shape index (κ2) is 5.49. The van der Waals surface area contributed by atoms with Gasteiger partial charge in [0, 0.05) is 11.6 Å². The Bertz CT molecular complexity index is 436. The monoisotopic (exact) mass is 265 g/mol. The number of nitrogens with two attached hydrogens (primary N) is 1. The first-order valence-corrected chi connectivity index (χ1v) is 6.66. The lowest BCUT2D eigenvalue weighted by Gasteiger charge is -2.44. The maximum Gasteiger partial charge on any atom is 0.123 e. The van der Waals surface area contributed by atoms with Crippen LogP contribution in [0, 0.1) is 5.41 Å². The van der Waals surface area contributed by atoms with Crippen LogP contribution in [0.1, 0.15) is 36.9 Å². The number of hydrogen-bond acceptors (Lipinski definition) is 4. The first-order chi connectivity index (χ1) is 9.04. The molecule has 1 aromatic carbocycles. The summed E-state index contributed by atoms with van der Waals surface area (Å²) in [5, 5.41) is 9.61. The number of aliphatic hydroxyl groups is 1. The van der Waals surface area contributed by atoms with Gasteiger partial charge in [-0.2, -0.15) is 0 Å². The van der Waals surface area contributed by atoms with Crippen molar-refractivity contribution >= 4 is 0 Å². The van der Waals surface area contributed by atoms with Crippen LogP contribution < -0.4 is 10.5 Å². The SMILES string of the molecule is COc1ccc(C(C)C)cc1C(N)C1(CO)COC1. The van der Waals surface area contributed by atoms with Crippen molar-refractivity contribution in [3.63, 3.8) is 0 Å². The maximum absolute atomic E-state index is 9.61. The van der Waals surface area contributed by atoms with Crippen molar-refractivity contribution in [2.75, 3.05) is 26.9 Å². The summed E-state index contributed by atoms with van der Waals surface area (Å²) in [6, 6.07) is 5.82. The topological polar surface area (TPSA) is 64.7 Å². The molecule has 1 atom stereocenters.